The van der Waals surface area contributed by atoms with Gasteiger partial charge in [-0.15, -0.1) is 0 Å². The number of benzene rings is 1. The Labute approximate surface area is 128 Å². The fourth-order valence-electron chi connectivity index (χ4n) is 2.93. The summed E-state index contributed by atoms with van der Waals surface area (Å²) in [7, 11) is 3.75. The molecular formula is C17H28N2O2. The summed E-state index contributed by atoms with van der Waals surface area (Å²) < 4.78 is 11.3. The monoisotopic (exact) mass is 292 g/mol. The van der Waals surface area contributed by atoms with E-state index in [-0.39, 0.29) is 6.04 Å². The van der Waals surface area contributed by atoms with Crippen molar-refractivity contribution in [3.8, 4) is 5.75 Å². The third-order valence-corrected chi connectivity index (χ3v) is 4.26. The molecule has 0 spiro atoms. The zero-order valence-electron chi connectivity index (χ0n) is 13.8. The Morgan fingerprint density at radius 3 is 2.86 bits per heavy atom. The van der Waals surface area contributed by atoms with Gasteiger partial charge in [-0.05, 0) is 33.9 Å². The van der Waals surface area contributed by atoms with Gasteiger partial charge in [-0.1, -0.05) is 17.7 Å². The Morgan fingerprint density at radius 2 is 2.19 bits per heavy atom. The molecule has 4 heteroatoms. The van der Waals surface area contributed by atoms with Crippen molar-refractivity contribution in [3.05, 3.63) is 29.3 Å². The molecule has 0 amide bonds. The van der Waals surface area contributed by atoms with E-state index in [4.69, 9.17) is 9.47 Å². The smallest absolute Gasteiger partial charge is 0.123 e. The number of hydrogen-bond acceptors (Lipinski definition) is 4. The van der Waals surface area contributed by atoms with E-state index >= 15 is 0 Å². The van der Waals surface area contributed by atoms with Gasteiger partial charge in [0.2, 0.25) is 0 Å². The van der Waals surface area contributed by atoms with Gasteiger partial charge in [0.05, 0.1) is 19.8 Å². The number of rotatable bonds is 5. The highest BCUT2D eigenvalue weighted by Crippen LogP contribution is 2.28. The minimum atomic E-state index is 0.257. The molecule has 1 aliphatic heterocycles. The summed E-state index contributed by atoms with van der Waals surface area (Å²) >= 11 is 0. The van der Waals surface area contributed by atoms with Crippen molar-refractivity contribution in [1.29, 1.82) is 0 Å². The molecule has 3 unspecified atom stereocenters. The summed E-state index contributed by atoms with van der Waals surface area (Å²) in [6.07, 6.45) is 0.304. The Morgan fingerprint density at radius 1 is 1.43 bits per heavy atom. The highest BCUT2D eigenvalue weighted by Gasteiger charge is 2.26. The second-order valence-corrected chi connectivity index (χ2v) is 6.03. The highest BCUT2D eigenvalue weighted by molar-refractivity contribution is 5.39. The van der Waals surface area contributed by atoms with Crippen LogP contribution in [0.25, 0.3) is 0 Å². The number of aryl methyl sites for hydroxylation is 1. The lowest BCUT2D eigenvalue weighted by atomic mass is 10.0. The van der Waals surface area contributed by atoms with Crippen LogP contribution in [0.5, 0.6) is 5.75 Å². The van der Waals surface area contributed by atoms with Crippen LogP contribution in [-0.4, -0.2) is 50.9 Å². The first-order valence-electron chi connectivity index (χ1n) is 7.72. The molecule has 1 saturated heterocycles. The maximum Gasteiger partial charge on any atom is 0.123 e. The van der Waals surface area contributed by atoms with Crippen LogP contribution in [0.4, 0.5) is 0 Å². The maximum atomic E-state index is 5.72. The molecule has 1 heterocycles. The molecule has 118 valence electrons. The number of likely N-dealkylation sites (N-methyl/N-ethyl adjacent to an activating group) is 1. The first-order valence-corrected chi connectivity index (χ1v) is 7.72. The molecule has 21 heavy (non-hydrogen) atoms. The van der Waals surface area contributed by atoms with E-state index < -0.39 is 0 Å². The van der Waals surface area contributed by atoms with Crippen LogP contribution in [0.1, 0.15) is 31.0 Å². The molecule has 0 aliphatic carbocycles. The Bertz CT molecular complexity index is 464. The normalized spacial score (nSPS) is 24.8. The number of morpholine rings is 1. The van der Waals surface area contributed by atoms with Gasteiger partial charge in [-0.25, -0.2) is 0 Å². The molecule has 0 aromatic heterocycles. The van der Waals surface area contributed by atoms with Gasteiger partial charge in [0.25, 0.3) is 0 Å². The van der Waals surface area contributed by atoms with Crippen molar-refractivity contribution in [1.82, 2.24) is 10.2 Å². The van der Waals surface area contributed by atoms with Gasteiger partial charge in [-0.3, -0.25) is 4.90 Å². The first-order chi connectivity index (χ1) is 10.0. The summed E-state index contributed by atoms with van der Waals surface area (Å²) in [6.45, 7) is 9.24. The second kappa shape index (κ2) is 7.25. The summed E-state index contributed by atoms with van der Waals surface area (Å²) in [5.41, 5.74) is 2.49. The van der Waals surface area contributed by atoms with Crippen molar-refractivity contribution >= 4 is 0 Å². The standard InChI is InChI=1S/C17H28N2O2/c1-12-6-7-17(20-5)15(8-12)16(18-4)10-19-9-14(3)21-11-13(19)2/h6-8,13-14,16,18H,9-11H2,1-5H3. The minimum Gasteiger partial charge on any atom is -0.496 e. The third-order valence-electron chi connectivity index (χ3n) is 4.26. The van der Waals surface area contributed by atoms with Crippen LogP contribution in [0.2, 0.25) is 0 Å². The predicted molar refractivity (Wildman–Crippen MR) is 86.0 cm³/mol. The van der Waals surface area contributed by atoms with Crippen LogP contribution in [0.3, 0.4) is 0 Å². The molecule has 1 aromatic rings. The average Bonchev–Trinajstić information content (AvgIpc) is 2.48. The van der Waals surface area contributed by atoms with Crippen LogP contribution in [-0.2, 0) is 4.74 Å². The fourth-order valence-corrected chi connectivity index (χ4v) is 2.93. The molecule has 1 aliphatic rings. The average molecular weight is 292 g/mol. The van der Waals surface area contributed by atoms with Crippen molar-refractivity contribution in [2.24, 2.45) is 0 Å². The fraction of sp³-hybridized carbons (Fsp3) is 0.647. The molecule has 2 rings (SSSR count). The van der Waals surface area contributed by atoms with E-state index in [1.54, 1.807) is 7.11 Å². The van der Waals surface area contributed by atoms with Gasteiger partial charge in [-0.2, -0.15) is 0 Å². The van der Waals surface area contributed by atoms with E-state index in [1.165, 1.54) is 11.1 Å². The van der Waals surface area contributed by atoms with Crippen LogP contribution < -0.4 is 10.1 Å². The zero-order valence-corrected chi connectivity index (χ0v) is 13.8. The van der Waals surface area contributed by atoms with Gasteiger partial charge < -0.3 is 14.8 Å². The summed E-state index contributed by atoms with van der Waals surface area (Å²) in [6, 6.07) is 7.07. The number of methoxy groups -OCH3 is 1. The molecule has 0 bridgehead atoms. The summed E-state index contributed by atoms with van der Waals surface area (Å²) in [5, 5.41) is 3.44. The molecule has 1 fully saturated rings. The van der Waals surface area contributed by atoms with Crippen LogP contribution in [0, 0.1) is 6.92 Å². The SMILES string of the molecule is CNC(CN1CC(C)OCC1C)c1cc(C)ccc1OC. The molecule has 0 saturated carbocycles. The van der Waals surface area contributed by atoms with Gasteiger partial charge in [0, 0.05) is 30.7 Å². The topological polar surface area (TPSA) is 33.7 Å². The number of ether oxygens (including phenoxy) is 2. The first kappa shape index (κ1) is 16.3. The van der Waals surface area contributed by atoms with E-state index in [0.29, 0.717) is 12.1 Å². The Balaban J connectivity index is 2.17. The molecule has 0 radical (unpaired) electrons. The summed E-state index contributed by atoms with van der Waals surface area (Å²) in [5.74, 6) is 0.953. The largest absolute Gasteiger partial charge is 0.496 e. The van der Waals surface area contributed by atoms with Crippen LogP contribution >= 0.6 is 0 Å². The molecule has 1 aromatic carbocycles. The Hall–Kier alpha value is -1.10. The van der Waals surface area contributed by atoms with Crippen molar-refractivity contribution < 1.29 is 9.47 Å². The predicted octanol–water partition coefficient (Wildman–Crippen LogP) is 2.37. The third kappa shape index (κ3) is 3.96. The number of nitrogens with one attached hydrogen (secondary N) is 1. The highest BCUT2D eigenvalue weighted by atomic mass is 16.5. The van der Waals surface area contributed by atoms with Gasteiger partial charge in [0.1, 0.15) is 5.75 Å². The lowest BCUT2D eigenvalue weighted by molar-refractivity contribution is -0.0520. The van der Waals surface area contributed by atoms with Crippen molar-refractivity contribution in [2.75, 3.05) is 33.9 Å². The van der Waals surface area contributed by atoms with E-state index in [2.05, 4.69) is 49.2 Å². The molecule has 3 atom stereocenters. The lowest BCUT2D eigenvalue weighted by Crippen LogP contribution is -2.49. The summed E-state index contributed by atoms with van der Waals surface area (Å²) in [4.78, 5) is 2.50. The molecule has 1 N–H and O–H groups in total. The van der Waals surface area contributed by atoms with E-state index in [1.807, 2.05) is 7.05 Å². The zero-order chi connectivity index (χ0) is 15.4. The number of nitrogens with zero attached hydrogens (tertiary/aromatic N) is 1. The van der Waals surface area contributed by atoms with Gasteiger partial charge in [0.15, 0.2) is 0 Å². The quantitative estimate of drug-likeness (QED) is 0.903. The maximum absolute atomic E-state index is 5.72. The lowest BCUT2D eigenvalue weighted by Gasteiger charge is -2.39. The van der Waals surface area contributed by atoms with Gasteiger partial charge >= 0.3 is 0 Å². The van der Waals surface area contributed by atoms with Crippen molar-refractivity contribution in [2.45, 2.75) is 39.0 Å². The molecule has 4 nitrogen and oxygen atoms in total. The van der Waals surface area contributed by atoms with Crippen molar-refractivity contribution in [3.63, 3.8) is 0 Å². The van der Waals surface area contributed by atoms with E-state index in [0.717, 1.165) is 25.4 Å². The number of hydrogen-bond donors (Lipinski definition) is 1. The van der Waals surface area contributed by atoms with Crippen LogP contribution in [0.15, 0.2) is 18.2 Å². The van der Waals surface area contributed by atoms with E-state index in [9.17, 15) is 0 Å². The minimum absolute atomic E-state index is 0.257. The Kier molecular flexibility index (Phi) is 5.62. The second-order valence-electron chi connectivity index (χ2n) is 6.03. The molecular weight excluding hydrogens is 264 g/mol.